The summed E-state index contributed by atoms with van der Waals surface area (Å²) in [5.74, 6) is -1.09. The number of benzene rings is 1. The van der Waals surface area contributed by atoms with Crippen molar-refractivity contribution in [3.05, 3.63) is 42.0 Å². The molecule has 0 amide bonds. The first-order valence-corrected chi connectivity index (χ1v) is 5.80. The smallest absolute Gasteiger partial charge is 0.336 e. The number of carboxylic acids is 1. The van der Waals surface area contributed by atoms with E-state index in [1.807, 2.05) is 6.92 Å². The number of rotatable bonds is 6. The van der Waals surface area contributed by atoms with Gasteiger partial charge in [0.1, 0.15) is 5.75 Å². The fraction of sp³-hybridized carbons (Fsp3) is 0.286. The van der Waals surface area contributed by atoms with Crippen LogP contribution >= 0.6 is 0 Å². The molecule has 19 heavy (non-hydrogen) atoms. The largest absolute Gasteiger partial charge is 0.478 e. The van der Waals surface area contributed by atoms with Gasteiger partial charge in [-0.3, -0.25) is 0 Å². The lowest BCUT2D eigenvalue weighted by Gasteiger charge is -2.18. The molecular formula is C14H16O5. The lowest BCUT2D eigenvalue weighted by atomic mass is 10.2. The molecule has 1 rings (SSSR count). The Bertz CT molecular complexity index is 475. The van der Waals surface area contributed by atoms with Crippen LogP contribution in [-0.4, -0.2) is 23.3 Å². The molecule has 0 aromatic heterocycles. The molecule has 5 nitrogen and oxygen atoms in total. The van der Waals surface area contributed by atoms with Crippen LogP contribution in [0.25, 0.3) is 0 Å². The van der Waals surface area contributed by atoms with E-state index in [0.29, 0.717) is 17.7 Å². The Morgan fingerprint density at radius 3 is 2.32 bits per heavy atom. The fourth-order valence-corrected chi connectivity index (χ4v) is 1.24. The molecule has 0 spiro atoms. The number of aromatic carboxylic acids is 1. The summed E-state index contributed by atoms with van der Waals surface area (Å²) < 4.78 is 10.5. The minimum absolute atomic E-state index is 0.166. The maximum Gasteiger partial charge on any atom is 0.336 e. The first kappa shape index (κ1) is 14.8. The van der Waals surface area contributed by atoms with E-state index in [0.717, 1.165) is 0 Å². The van der Waals surface area contributed by atoms with Crippen molar-refractivity contribution in [1.82, 2.24) is 0 Å². The maximum absolute atomic E-state index is 11.4. The van der Waals surface area contributed by atoms with Gasteiger partial charge in [0, 0.05) is 12.0 Å². The van der Waals surface area contributed by atoms with Gasteiger partial charge < -0.3 is 14.6 Å². The van der Waals surface area contributed by atoms with Crippen molar-refractivity contribution in [1.29, 1.82) is 0 Å². The second-order valence-electron chi connectivity index (χ2n) is 3.97. The predicted octanol–water partition coefficient (Wildman–Crippen LogP) is 2.62. The zero-order valence-electron chi connectivity index (χ0n) is 10.9. The van der Waals surface area contributed by atoms with Crippen LogP contribution in [0.4, 0.5) is 0 Å². The average Bonchev–Trinajstić information content (AvgIpc) is 2.38. The molecule has 1 aromatic rings. The van der Waals surface area contributed by atoms with Crippen LogP contribution in [0, 0.1) is 0 Å². The Morgan fingerprint density at radius 2 is 1.89 bits per heavy atom. The van der Waals surface area contributed by atoms with E-state index in [1.54, 1.807) is 6.92 Å². The number of ether oxygens (including phenoxy) is 2. The van der Waals surface area contributed by atoms with E-state index >= 15 is 0 Å². The lowest BCUT2D eigenvalue weighted by Crippen LogP contribution is -2.23. The molecule has 5 heteroatoms. The monoisotopic (exact) mass is 264 g/mol. The van der Waals surface area contributed by atoms with Crippen LogP contribution in [0.2, 0.25) is 0 Å². The molecule has 1 unspecified atom stereocenters. The van der Waals surface area contributed by atoms with E-state index in [-0.39, 0.29) is 5.56 Å². The molecule has 1 aromatic carbocycles. The number of hydrogen-bond donors (Lipinski definition) is 1. The van der Waals surface area contributed by atoms with Gasteiger partial charge in [-0.05, 0) is 31.2 Å². The first-order valence-electron chi connectivity index (χ1n) is 5.80. The molecular weight excluding hydrogens is 248 g/mol. The minimum atomic E-state index is -1.01. The van der Waals surface area contributed by atoms with E-state index in [2.05, 4.69) is 6.58 Å². The van der Waals surface area contributed by atoms with Gasteiger partial charge in [-0.25, -0.2) is 9.59 Å². The normalized spacial score (nSPS) is 11.5. The number of carbonyl (C=O) groups excluding carboxylic acids is 1. The van der Waals surface area contributed by atoms with E-state index < -0.39 is 18.2 Å². The van der Waals surface area contributed by atoms with Crippen molar-refractivity contribution in [2.45, 2.75) is 26.6 Å². The van der Waals surface area contributed by atoms with Gasteiger partial charge in [0.05, 0.1) is 5.56 Å². The molecule has 0 aliphatic rings. The van der Waals surface area contributed by atoms with Crippen LogP contribution in [0.3, 0.4) is 0 Å². The van der Waals surface area contributed by atoms with Gasteiger partial charge in [0.25, 0.3) is 0 Å². The third-order valence-electron chi connectivity index (χ3n) is 2.29. The number of carboxylic acid groups (broad SMARTS) is 1. The Balaban J connectivity index is 2.68. The third-order valence-corrected chi connectivity index (χ3v) is 2.29. The van der Waals surface area contributed by atoms with Crippen LogP contribution in [0.1, 0.15) is 30.6 Å². The van der Waals surface area contributed by atoms with Crippen molar-refractivity contribution in [3.63, 3.8) is 0 Å². The summed E-state index contributed by atoms with van der Waals surface area (Å²) in [5, 5.41) is 8.76. The fourth-order valence-electron chi connectivity index (χ4n) is 1.24. The summed E-state index contributed by atoms with van der Waals surface area (Å²) in [6.45, 7) is 6.84. The summed E-state index contributed by atoms with van der Waals surface area (Å²) >= 11 is 0. The Morgan fingerprint density at radius 1 is 1.32 bits per heavy atom. The number of carbonyl (C=O) groups is 2. The van der Waals surface area contributed by atoms with E-state index in [4.69, 9.17) is 14.6 Å². The molecule has 0 saturated heterocycles. The highest BCUT2D eigenvalue weighted by molar-refractivity contribution is 5.87. The molecule has 0 aliphatic carbocycles. The van der Waals surface area contributed by atoms with Crippen LogP contribution in [0.15, 0.2) is 36.4 Å². The second-order valence-corrected chi connectivity index (χ2v) is 3.97. The number of esters is 1. The zero-order valence-corrected chi connectivity index (χ0v) is 10.9. The van der Waals surface area contributed by atoms with Crippen molar-refractivity contribution in [3.8, 4) is 5.75 Å². The van der Waals surface area contributed by atoms with E-state index in [1.165, 1.54) is 24.3 Å². The van der Waals surface area contributed by atoms with Gasteiger partial charge in [-0.1, -0.05) is 13.5 Å². The highest BCUT2D eigenvalue weighted by Gasteiger charge is 2.14. The SMILES string of the molecule is C=C(C)C(=O)OC(CC)Oc1ccc(C(=O)O)cc1. The average molecular weight is 264 g/mol. The van der Waals surface area contributed by atoms with Crippen molar-refractivity contribution in [2.75, 3.05) is 0 Å². The molecule has 1 atom stereocenters. The zero-order chi connectivity index (χ0) is 14.4. The minimum Gasteiger partial charge on any atom is -0.478 e. The Kier molecular flexibility index (Phi) is 5.11. The topological polar surface area (TPSA) is 72.8 Å². The molecule has 1 N–H and O–H groups in total. The maximum atomic E-state index is 11.4. The van der Waals surface area contributed by atoms with Crippen LogP contribution in [-0.2, 0) is 9.53 Å². The highest BCUT2D eigenvalue weighted by atomic mass is 16.7. The number of hydrogen-bond acceptors (Lipinski definition) is 4. The summed E-state index contributed by atoms with van der Waals surface area (Å²) in [6, 6.07) is 5.87. The van der Waals surface area contributed by atoms with Gasteiger partial charge in [-0.2, -0.15) is 0 Å². The Labute approximate surface area is 111 Å². The predicted molar refractivity (Wildman–Crippen MR) is 69.0 cm³/mol. The highest BCUT2D eigenvalue weighted by Crippen LogP contribution is 2.16. The standard InChI is InChI=1S/C14H16O5/c1-4-12(19-14(17)9(2)3)18-11-7-5-10(6-8-11)13(15)16/h5-8,12H,2,4H2,1,3H3,(H,15,16). The lowest BCUT2D eigenvalue weighted by molar-refractivity contribution is -0.159. The van der Waals surface area contributed by atoms with Gasteiger partial charge in [0.15, 0.2) is 0 Å². The first-order chi connectivity index (χ1) is 8.93. The van der Waals surface area contributed by atoms with Gasteiger partial charge in [0.2, 0.25) is 6.29 Å². The van der Waals surface area contributed by atoms with Crippen molar-refractivity contribution in [2.24, 2.45) is 0 Å². The molecule has 0 bridgehead atoms. The summed E-state index contributed by atoms with van der Waals surface area (Å²) in [5.41, 5.74) is 0.461. The van der Waals surface area contributed by atoms with Crippen molar-refractivity contribution >= 4 is 11.9 Å². The molecule has 0 heterocycles. The third kappa shape index (κ3) is 4.46. The van der Waals surface area contributed by atoms with Crippen LogP contribution < -0.4 is 4.74 Å². The molecule has 0 saturated carbocycles. The molecule has 0 aliphatic heterocycles. The summed E-state index contributed by atoms with van der Waals surface area (Å²) in [6.07, 6.45) is -0.250. The van der Waals surface area contributed by atoms with Crippen molar-refractivity contribution < 1.29 is 24.2 Å². The Hall–Kier alpha value is -2.30. The molecule has 0 fully saturated rings. The quantitative estimate of drug-likeness (QED) is 0.485. The second kappa shape index (κ2) is 6.58. The molecule has 102 valence electrons. The van der Waals surface area contributed by atoms with Gasteiger partial charge >= 0.3 is 11.9 Å². The molecule has 0 radical (unpaired) electrons. The summed E-state index contributed by atoms with van der Waals surface area (Å²) in [4.78, 5) is 22.1. The van der Waals surface area contributed by atoms with E-state index in [9.17, 15) is 9.59 Å². The summed E-state index contributed by atoms with van der Waals surface area (Å²) in [7, 11) is 0. The van der Waals surface area contributed by atoms with Crippen LogP contribution in [0.5, 0.6) is 5.75 Å². The van der Waals surface area contributed by atoms with Gasteiger partial charge in [-0.15, -0.1) is 0 Å².